The van der Waals surface area contributed by atoms with Gasteiger partial charge in [0.05, 0.1) is 5.75 Å². The van der Waals surface area contributed by atoms with Gasteiger partial charge in [-0.15, -0.1) is 11.8 Å². The summed E-state index contributed by atoms with van der Waals surface area (Å²) in [5.74, 6) is 1.66. The molecule has 0 aliphatic heterocycles. The lowest BCUT2D eigenvalue weighted by atomic mass is 10.2. The highest BCUT2D eigenvalue weighted by Crippen LogP contribution is 2.12. The monoisotopic (exact) mass is 237 g/mol. The molecule has 0 saturated carbocycles. The number of rotatable bonds is 5. The molecule has 0 unspecified atom stereocenters. The Bertz CT molecular complexity index is 324. The molecule has 88 valence electrons. The normalized spacial score (nSPS) is 10.5. The summed E-state index contributed by atoms with van der Waals surface area (Å²) in [4.78, 5) is 13.5. The Kier molecular flexibility index (Phi) is 5.39. The molecule has 0 spiro atoms. The van der Waals surface area contributed by atoms with Gasteiger partial charge in [0.25, 0.3) is 0 Å². The molecule has 0 N–H and O–H groups in total. The minimum absolute atomic E-state index is 0.205. The van der Waals surface area contributed by atoms with Crippen LogP contribution >= 0.6 is 11.8 Å². The SMILES string of the molecule is CC(C)N(C)C(=O)CSCc1ccccc1. The van der Waals surface area contributed by atoms with Crippen molar-refractivity contribution < 1.29 is 4.79 Å². The number of hydrogen-bond acceptors (Lipinski definition) is 2. The van der Waals surface area contributed by atoms with E-state index in [0.717, 1.165) is 5.75 Å². The second-order valence-electron chi connectivity index (χ2n) is 4.08. The van der Waals surface area contributed by atoms with Crippen molar-refractivity contribution in [3.63, 3.8) is 0 Å². The van der Waals surface area contributed by atoms with Crippen LogP contribution in [0.1, 0.15) is 19.4 Å². The molecule has 1 aromatic carbocycles. The van der Waals surface area contributed by atoms with E-state index < -0.39 is 0 Å². The Hall–Kier alpha value is -0.960. The lowest BCUT2D eigenvalue weighted by Crippen LogP contribution is -2.34. The van der Waals surface area contributed by atoms with Gasteiger partial charge in [0, 0.05) is 18.8 Å². The number of carbonyl (C=O) groups excluding carboxylic acids is 1. The van der Waals surface area contributed by atoms with Crippen molar-refractivity contribution in [1.29, 1.82) is 0 Å². The zero-order valence-electron chi connectivity index (χ0n) is 10.1. The second-order valence-corrected chi connectivity index (χ2v) is 5.06. The van der Waals surface area contributed by atoms with Crippen LogP contribution in [0.3, 0.4) is 0 Å². The van der Waals surface area contributed by atoms with Crippen LogP contribution in [0.5, 0.6) is 0 Å². The maximum atomic E-state index is 11.7. The molecule has 3 heteroatoms. The van der Waals surface area contributed by atoms with Gasteiger partial charge >= 0.3 is 0 Å². The molecule has 0 aliphatic rings. The highest BCUT2D eigenvalue weighted by atomic mass is 32.2. The Labute approximate surface area is 102 Å². The number of thioether (sulfide) groups is 1. The molecule has 16 heavy (non-hydrogen) atoms. The molecule has 0 atom stereocenters. The van der Waals surface area contributed by atoms with Gasteiger partial charge in [-0.1, -0.05) is 30.3 Å². The predicted molar refractivity (Wildman–Crippen MR) is 70.5 cm³/mol. The Morgan fingerprint density at radius 1 is 1.31 bits per heavy atom. The van der Waals surface area contributed by atoms with E-state index in [2.05, 4.69) is 12.1 Å². The fraction of sp³-hybridized carbons (Fsp3) is 0.462. The minimum atomic E-state index is 0.205. The van der Waals surface area contributed by atoms with Gasteiger partial charge in [0.1, 0.15) is 0 Å². The van der Waals surface area contributed by atoms with Gasteiger partial charge in [0.2, 0.25) is 5.91 Å². The standard InChI is InChI=1S/C13H19NOS/c1-11(2)14(3)13(15)10-16-9-12-7-5-4-6-8-12/h4-8,11H,9-10H2,1-3H3. The van der Waals surface area contributed by atoms with Crippen molar-refractivity contribution >= 4 is 17.7 Å². The first kappa shape index (κ1) is 13.1. The first-order valence-corrected chi connectivity index (χ1v) is 6.64. The third kappa shape index (κ3) is 4.27. The first-order valence-electron chi connectivity index (χ1n) is 5.48. The third-order valence-electron chi connectivity index (χ3n) is 2.51. The minimum Gasteiger partial charge on any atom is -0.343 e. The van der Waals surface area contributed by atoms with E-state index >= 15 is 0 Å². The van der Waals surface area contributed by atoms with Crippen molar-refractivity contribution in [2.75, 3.05) is 12.8 Å². The van der Waals surface area contributed by atoms with Crippen LogP contribution in [0, 0.1) is 0 Å². The van der Waals surface area contributed by atoms with E-state index in [9.17, 15) is 4.79 Å². The van der Waals surface area contributed by atoms with Crippen LogP contribution < -0.4 is 0 Å². The summed E-state index contributed by atoms with van der Waals surface area (Å²) in [5.41, 5.74) is 1.27. The molecule has 0 aliphatic carbocycles. The van der Waals surface area contributed by atoms with E-state index in [0.29, 0.717) is 5.75 Å². The highest BCUT2D eigenvalue weighted by molar-refractivity contribution is 7.99. The maximum absolute atomic E-state index is 11.7. The third-order valence-corrected chi connectivity index (χ3v) is 3.49. The molecule has 1 amide bonds. The van der Waals surface area contributed by atoms with Gasteiger partial charge in [-0.2, -0.15) is 0 Å². The van der Waals surface area contributed by atoms with E-state index in [-0.39, 0.29) is 11.9 Å². The summed E-state index contributed by atoms with van der Waals surface area (Å²) in [7, 11) is 1.86. The molecule has 0 heterocycles. The number of nitrogens with zero attached hydrogens (tertiary/aromatic N) is 1. The van der Waals surface area contributed by atoms with E-state index in [1.54, 1.807) is 16.7 Å². The Morgan fingerprint density at radius 2 is 1.94 bits per heavy atom. The maximum Gasteiger partial charge on any atom is 0.232 e. The summed E-state index contributed by atoms with van der Waals surface area (Å²) in [6.45, 7) is 4.06. The molecule has 0 fully saturated rings. The smallest absolute Gasteiger partial charge is 0.232 e. The summed E-state index contributed by atoms with van der Waals surface area (Å²) in [5, 5.41) is 0. The predicted octanol–water partition coefficient (Wildman–Crippen LogP) is 2.79. The molecule has 0 radical (unpaired) electrons. The van der Waals surface area contributed by atoms with Gasteiger partial charge in [0.15, 0.2) is 0 Å². The average molecular weight is 237 g/mol. The number of benzene rings is 1. The molecule has 0 bridgehead atoms. The molecule has 0 saturated heterocycles. The van der Waals surface area contributed by atoms with Gasteiger partial charge < -0.3 is 4.90 Å². The van der Waals surface area contributed by atoms with Gasteiger partial charge in [-0.3, -0.25) is 4.79 Å². The van der Waals surface area contributed by atoms with Crippen molar-refractivity contribution in [3.05, 3.63) is 35.9 Å². The molecule has 0 aromatic heterocycles. The molecular weight excluding hydrogens is 218 g/mol. The number of carbonyl (C=O) groups is 1. The van der Waals surface area contributed by atoms with Crippen molar-refractivity contribution in [2.24, 2.45) is 0 Å². The highest BCUT2D eigenvalue weighted by Gasteiger charge is 2.11. The topological polar surface area (TPSA) is 20.3 Å². The molecule has 1 aromatic rings. The van der Waals surface area contributed by atoms with E-state index in [1.807, 2.05) is 39.1 Å². The lowest BCUT2D eigenvalue weighted by molar-refractivity contribution is -0.128. The van der Waals surface area contributed by atoms with Crippen LogP contribution in [0.4, 0.5) is 0 Å². The van der Waals surface area contributed by atoms with Crippen LogP contribution in [0.2, 0.25) is 0 Å². The van der Waals surface area contributed by atoms with Crippen LogP contribution in [-0.2, 0) is 10.5 Å². The van der Waals surface area contributed by atoms with Gasteiger partial charge in [-0.25, -0.2) is 0 Å². The number of amides is 1. The Balaban J connectivity index is 2.28. The fourth-order valence-corrected chi connectivity index (χ4v) is 2.13. The van der Waals surface area contributed by atoms with E-state index in [4.69, 9.17) is 0 Å². The molecule has 2 nitrogen and oxygen atoms in total. The van der Waals surface area contributed by atoms with Crippen molar-refractivity contribution in [3.8, 4) is 0 Å². The first-order chi connectivity index (χ1) is 7.61. The summed E-state index contributed by atoms with van der Waals surface area (Å²) in [6.07, 6.45) is 0. The van der Waals surface area contributed by atoms with Crippen LogP contribution in [0.15, 0.2) is 30.3 Å². The van der Waals surface area contributed by atoms with Crippen LogP contribution in [-0.4, -0.2) is 29.6 Å². The van der Waals surface area contributed by atoms with Crippen LogP contribution in [0.25, 0.3) is 0 Å². The molecule has 1 rings (SSSR count). The largest absolute Gasteiger partial charge is 0.343 e. The molecular formula is C13H19NOS. The van der Waals surface area contributed by atoms with Crippen molar-refractivity contribution in [1.82, 2.24) is 4.90 Å². The second kappa shape index (κ2) is 6.59. The summed E-state index contributed by atoms with van der Waals surface area (Å²) >= 11 is 1.67. The lowest BCUT2D eigenvalue weighted by Gasteiger charge is -2.21. The summed E-state index contributed by atoms with van der Waals surface area (Å²) < 4.78 is 0. The summed E-state index contributed by atoms with van der Waals surface area (Å²) in [6, 6.07) is 10.5. The van der Waals surface area contributed by atoms with Crippen molar-refractivity contribution in [2.45, 2.75) is 25.6 Å². The zero-order chi connectivity index (χ0) is 12.0. The quantitative estimate of drug-likeness (QED) is 0.785. The average Bonchev–Trinajstić information content (AvgIpc) is 2.29. The number of hydrogen-bond donors (Lipinski definition) is 0. The van der Waals surface area contributed by atoms with E-state index in [1.165, 1.54) is 5.56 Å². The fourth-order valence-electron chi connectivity index (χ4n) is 1.22. The Morgan fingerprint density at radius 3 is 2.50 bits per heavy atom. The van der Waals surface area contributed by atoms with Gasteiger partial charge in [-0.05, 0) is 19.4 Å². The zero-order valence-corrected chi connectivity index (χ0v) is 11.0.